The first-order valence-corrected chi connectivity index (χ1v) is 10.6. The van der Waals surface area contributed by atoms with Crippen LogP contribution in [0, 0.1) is 11.8 Å². The number of nitrogens with zero attached hydrogens (tertiary/aromatic N) is 2. The highest BCUT2D eigenvalue weighted by Gasteiger charge is 2.34. The van der Waals surface area contributed by atoms with Crippen LogP contribution in [0.2, 0.25) is 0 Å². The van der Waals surface area contributed by atoms with Crippen molar-refractivity contribution >= 4 is 17.0 Å². The fourth-order valence-electron chi connectivity index (χ4n) is 5.18. The second-order valence-electron chi connectivity index (χ2n) is 8.44. The third-order valence-electron chi connectivity index (χ3n) is 6.65. The van der Waals surface area contributed by atoms with Gasteiger partial charge in [0.15, 0.2) is 0 Å². The van der Waals surface area contributed by atoms with Crippen LogP contribution >= 0.6 is 0 Å². The van der Waals surface area contributed by atoms with Gasteiger partial charge in [-0.1, -0.05) is 25.3 Å². The Morgan fingerprint density at radius 3 is 2.82 bits per heavy atom. The van der Waals surface area contributed by atoms with Crippen LogP contribution in [-0.2, 0) is 11.2 Å². The molecule has 28 heavy (non-hydrogen) atoms. The summed E-state index contributed by atoms with van der Waals surface area (Å²) in [4.78, 5) is 22.3. The molecule has 4 rings (SSSR count). The summed E-state index contributed by atoms with van der Waals surface area (Å²) in [6.45, 7) is 2.02. The molecule has 2 fully saturated rings. The molecule has 1 saturated carbocycles. The number of benzene rings is 1. The fourth-order valence-corrected chi connectivity index (χ4v) is 5.18. The summed E-state index contributed by atoms with van der Waals surface area (Å²) < 4.78 is 5.43. The van der Waals surface area contributed by atoms with Crippen molar-refractivity contribution in [2.24, 2.45) is 11.8 Å². The summed E-state index contributed by atoms with van der Waals surface area (Å²) in [6, 6.07) is 6.57. The van der Waals surface area contributed by atoms with Gasteiger partial charge in [0, 0.05) is 25.4 Å². The van der Waals surface area contributed by atoms with Crippen molar-refractivity contribution in [3.05, 3.63) is 24.0 Å². The Morgan fingerprint density at radius 2 is 2.07 bits per heavy atom. The molecular formula is C22H31N3O3. The lowest BCUT2D eigenvalue weighted by molar-refractivity contribution is -0.139. The highest BCUT2D eigenvalue weighted by Crippen LogP contribution is 2.34. The zero-order valence-corrected chi connectivity index (χ0v) is 16.7. The maximum Gasteiger partial charge on any atom is 0.303 e. The first-order valence-electron chi connectivity index (χ1n) is 10.6. The van der Waals surface area contributed by atoms with Crippen LogP contribution in [0.4, 0.5) is 0 Å². The van der Waals surface area contributed by atoms with Gasteiger partial charge in [-0.2, -0.15) is 0 Å². The summed E-state index contributed by atoms with van der Waals surface area (Å²) in [5.74, 6) is 1.55. The third kappa shape index (κ3) is 4.17. The number of rotatable bonds is 6. The minimum absolute atomic E-state index is 0.215. The van der Waals surface area contributed by atoms with E-state index < -0.39 is 5.97 Å². The average Bonchev–Trinajstić information content (AvgIpc) is 3.12. The van der Waals surface area contributed by atoms with E-state index in [-0.39, 0.29) is 12.3 Å². The molecule has 6 nitrogen and oxygen atoms in total. The van der Waals surface area contributed by atoms with Crippen LogP contribution in [0.25, 0.3) is 11.0 Å². The Bertz CT molecular complexity index is 812. The zero-order valence-electron chi connectivity index (χ0n) is 16.7. The molecule has 2 unspecified atom stereocenters. The van der Waals surface area contributed by atoms with E-state index in [9.17, 15) is 9.90 Å². The van der Waals surface area contributed by atoms with Crippen molar-refractivity contribution in [2.45, 2.75) is 57.4 Å². The van der Waals surface area contributed by atoms with E-state index in [1.807, 2.05) is 18.2 Å². The molecule has 1 aromatic heterocycles. The van der Waals surface area contributed by atoms with E-state index >= 15 is 0 Å². The molecule has 0 bridgehead atoms. The minimum atomic E-state index is -0.688. The molecular weight excluding hydrogens is 354 g/mol. The van der Waals surface area contributed by atoms with Crippen LogP contribution in [0.15, 0.2) is 18.2 Å². The number of hydrogen-bond donors (Lipinski definition) is 2. The van der Waals surface area contributed by atoms with Gasteiger partial charge in [-0.05, 0) is 49.8 Å². The number of likely N-dealkylation sites (tertiary alicyclic amines) is 1. The van der Waals surface area contributed by atoms with E-state index in [1.165, 1.54) is 32.1 Å². The summed E-state index contributed by atoms with van der Waals surface area (Å²) in [6.07, 6.45) is 8.61. The van der Waals surface area contributed by atoms with Gasteiger partial charge in [-0.3, -0.25) is 4.79 Å². The molecule has 1 aliphatic carbocycles. The van der Waals surface area contributed by atoms with Gasteiger partial charge in [0.05, 0.1) is 12.6 Å². The molecule has 1 aromatic carbocycles. The lowest BCUT2D eigenvalue weighted by Gasteiger charge is -2.43. The van der Waals surface area contributed by atoms with Gasteiger partial charge in [0.1, 0.15) is 17.1 Å². The Labute approximate surface area is 166 Å². The van der Waals surface area contributed by atoms with E-state index in [1.54, 1.807) is 7.11 Å². The largest absolute Gasteiger partial charge is 0.494 e. The monoisotopic (exact) mass is 385 g/mol. The molecule has 2 N–H and O–H groups in total. The molecule has 2 aromatic rings. The molecule has 152 valence electrons. The molecule has 2 aliphatic rings. The Hall–Kier alpha value is -2.08. The number of carboxylic acid groups (broad SMARTS) is 1. The number of aromatic amines is 1. The van der Waals surface area contributed by atoms with Gasteiger partial charge in [0.25, 0.3) is 0 Å². The molecule has 0 spiro atoms. The highest BCUT2D eigenvalue weighted by atomic mass is 16.5. The minimum Gasteiger partial charge on any atom is -0.494 e. The van der Waals surface area contributed by atoms with Gasteiger partial charge < -0.3 is 19.7 Å². The van der Waals surface area contributed by atoms with Crippen molar-refractivity contribution in [3.8, 4) is 5.75 Å². The van der Waals surface area contributed by atoms with Gasteiger partial charge in [-0.15, -0.1) is 0 Å². The number of nitrogens with one attached hydrogen (secondary N) is 1. The number of hydrogen-bond acceptors (Lipinski definition) is 4. The number of para-hydroxylation sites is 1. The van der Waals surface area contributed by atoms with E-state index in [4.69, 9.17) is 9.72 Å². The Balaban J connectivity index is 1.53. The standard InChI is InChI=1S/C22H31N3O3/c1-28-19-9-5-8-18-22(19)24-20(23-18)12-16-14-25(17-6-3-2-4-7-17)11-10-15(16)13-21(26)27/h5,8-9,15-17H,2-4,6-7,10-14H2,1H3,(H,23,24)(H,26,27). The topological polar surface area (TPSA) is 78.5 Å². The number of aliphatic carboxylic acids is 1. The average molecular weight is 386 g/mol. The number of ether oxygens (including phenoxy) is 1. The Morgan fingerprint density at radius 1 is 1.25 bits per heavy atom. The number of piperidine rings is 1. The maximum atomic E-state index is 11.4. The SMILES string of the molecule is COc1cccc2[nH]c(CC3CN(C4CCCCC4)CCC3CC(=O)O)nc12. The van der Waals surface area contributed by atoms with Crippen molar-refractivity contribution in [2.75, 3.05) is 20.2 Å². The first-order chi connectivity index (χ1) is 13.6. The number of H-pyrrole nitrogens is 1. The predicted molar refractivity (Wildman–Crippen MR) is 109 cm³/mol. The molecule has 0 amide bonds. The number of carbonyl (C=O) groups is 1. The van der Waals surface area contributed by atoms with E-state index in [0.29, 0.717) is 12.0 Å². The highest BCUT2D eigenvalue weighted by molar-refractivity contribution is 5.81. The fraction of sp³-hybridized carbons (Fsp3) is 0.636. The quantitative estimate of drug-likeness (QED) is 0.789. The summed E-state index contributed by atoms with van der Waals surface area (Å²) >= 11 is 0. The number of fused-ring (bicyclic) bond motifs is 1. The third-order valence-corrected chi connectivity index (χ3v) is 6.65. The lowest BCUT2D eigenvalue weighted by atomic mass is 9.79. The van der Waals surface area contributed by atoms with E-state index in [0.717, 1.165) is 48.5 Å². The molecule has 2 atom stereocenters. The van der Waals surface area contributed by atoms with Crippen molar-refractivity contribution in [3.63, 3.8) is 0 Å². The van der Waals surface area contributed by atoms with Crippen molar-refractivity contribution < 1.29 is 14.6 Å². The number of aromatic nitrogens is 2. The molecule has 0 radical (unpaired) electrons. The number of methoxy groups -OCH3 is 1. The zero-order chi connectivity index (χ0) is 19.5. The van der Waals surface area contributed by atoms with Gasteiger partial charge >= 0.3 is 5.97 Å². The van der Waals surface area contributed by atoms with Crippen LogP contribution in [0.3, 0.4) is 0 Å². The van der Waals surface area contributed by atoms with E-state index in [2.05, 4.69) is 9.88 Å². The normalized spacial score (nSPS) is 24.5. The van der Waals surface area contributed by atoms with Gasteiger partial charge in [0.2, 0.25) is 0 Å². The second-order valence-corrected chi connectivity index (χ2v) is 8.44. The van der Waals surface area contributed by atoms with Crippen LogP contribution < -0.4 is 4.74 Å². The van der Waals surface area contributed by atoms with Crippen molar-refractivity contribution in [1.82, 2.24) is 14.9 Å². The van der Waals surface area contributed by atoms with Gasteiger partial charge in [-0.25, -0.2) is 4.98 Å². The van der Waals surface area contributed by atoms with Crippen LogP contribution in [-0.4, -0.2) is 52.2 Å². The number of imidazole rings is 1. The van der Waals surface area contributed by atoms with Crippen LogP contribution in [0.1, 0.15) is 50.8 Å². The first kappa shape index (κ1) is 19.2. The molecule has 2 heterocycles. The summed E-state index contributed by atoms with van der Waals surface area (Å²) in [7, 11) is 1.66. The lowest BCUT2D eigenvalue weighted by Crippen LogP contribution is -2.47. The van der Waals surface area contributed by atoms with Crippen LogP contribution in [0.5, 0.6) is 5.75 Å². The summed E-state index contributed by atoms with van der Waals surface area (Å²) in [5.41, 5.74) is 1.83. The summed E-state index contributed by atoms with van der Waals surface area (Å²) in [5, 5.41) is 9.39. The smallest absolute Gasteiger partial charge is 0.303 e. The second kappa shape index (κ2) is 8.52. The number of carboxylic acids is 1. The van der Waals surface area contributed by atoms with Crippen molar-refractivity contribution in [1.29, 1.82) is 0 Å². The Kier molecular flexibility index (Phi) is 5.85. The molecule has 1 saturated heterocycles. The maximum absolute atomic E-state index is 11.4. The molecule has 6 heteroatoms. The predicted octanol–water partition coefficient (Wildman–Crippen LogP) is 3.86. The molecule has 1 aliphatic heterocycles.